The molecule has 2 aliphatic rings. The molecule has 1 fully saturated rings. The van der Waals surface area contributed by atoms with Crippen molar-refractivity contribution in [3.05, 3.63) is 92.7 Å². The quantitative estimate of drug-likeness (QED) is 0.410. The number of hydrogen-bond acceptors (Lipinski definition) is 4. The summed E-state index contributed by atoms with van der Waals surface area (Å²) in [6, 6.07) is 14.5. The standard InChI is InChI=1S/C30H32F3N3O2S/c1-20-6-3-4-7-24(20)27-25-13-19-39-26(25)12-16-36(27)21(2)28(37)34-14-5-15-35(18-17-34)29(38)22-8-10-23(11-9-22)30(31,32)33/h3-4,6-11,13,19,21,27H,5,12,14-18H2,1-2H3/t21-,27+/m0/s1. The number of aryl methyl sites for hydroxylation is 1. The van der Waals surface area contributed by atoms with Crippen molar-refractivity contribution in [3.8, 4) is 0 Å². The fraction of sp³-hybridized carbons (Fsp3) is 0.400. The van der Waals surface area contributed by atoms with E-state index in [1.165, 1.54) is 33.7 Å². The van der Waals surface area contributed by atoms with Crippen LogP contribution in [0, 0.1) is 6.92 Å². The first-order valence-electron chi connectivity index (χ1n) is 13.3. The fourth-order valence-electron chi connectivity index (χ4n) is 5.72. The van der Waals surface area contributed by atoms with E-state index >= 15 is 0 Å². The Hall–Kier alpha value is -3.17. The summed E-state index contributed by atoms with van der Waals surface area (Å²) in [4.78, 5) is 34.0. The highest BCUT2D eigenvalue weighted by Crippen LogP contribution is 2.40. The predicted molar refractivity (Wildman–Crippen MR) is 146 cm³/mol. The molecule has 5 rings (SSSR count). The Morgan fingerprint density at radius 1 is 0.897 bits per heavy atom. The molecular weight excluding hydrogens is 523 g/mol. The van der Waals surface area contributed by atoms with Crippen LogP contribution in [-0.2, 0) is 17.4 Å². The average molecular weight is 556 g/mol. The average Bonchev–Trinajstić information content (AvgIpc) is 3.27. The van der Waals surface area contributed by atoms with E-state index in [0.717, 1.165) is 25.1 Å². The van der Waals surface area contributed by atoms with Crippen molar-refractivity contribution < 1.29 is 22.8 Å². The smallest absolute Gasteiger partial charge is 0.340 e. The van der Waals surface area contributed by atoms with E-state index in [-0.39, 0.29) is 29.5 Å². The predicted octanol–water partition coefficient (Wildman–Crippen LogP) is 5.79. The number of benzene rings is 2. The lowest BCUT2D eigenvalue weighted by Crippen LogP contribution is -2.51. The Balaban J connectivity index is 1.29. The summed E-state index contributed by atoms with van der Waals surface area (Å²) in [6.45, 7) is 6.58. The lowest BCUT2D eigenvalue weighted by Gasteiger charge is -2.41. The van der Waals surface area contributed by atoms with Crippen LogP contribution in [0.1, 0.15) is 56.9 Å². The van der Waals surface area contributed by atoms with Crippen LogP contribution in [0.25, 0.3) is 0 Å². The zero-order valence-electron chi connectivity index (χ0n) is 22.1. The minimum Gasteiger partial charge on any atom is -0.340 e. The molecule has 2 atom stereocenters. The SMILES string of the molecule is Cc1ccccc1[C@@H]1c2ccsc2CCN1[C@@H](C)C(=O)N1CCCN(C(=O)c2ccc(C(F)(F)F)cc2)CC1. The number of amides is 2. The molecule has 0 saturated carbocycles. The molecule has 9 heteroatoms. The van der Waals surface area contributed by atoms with E-state index in [1.54, 1.807) is 16.2 Å². The summed E-state index contributed by atoms with van der Waals surface area (Å²) in [6.07, 6.45) is -2.93. The van der Waals surface area contributed by atoms with Gasteiger partial charge >= 0.3 is 6.18 Å². The topological polar surface area (TPSA) is 43.9 Å². The number of carbonyl (C=O) groups excluding carboxylic acids is 2. The van der Waals surface area contributed by atoms with Crippen molar-refractivity contribution in [2.24, 2.45) is 0 Å². The Morgan fingerprint density at radius 3 is 2.31 bits per heavy atom. The summed E-state index contributed by atoms with van der Waals surface area (Å²) < 4.78 is 38.7. The molecule has 0 radical (unpaired) electrons. The van der Waals surface area contributed by atoms with Gasteiger partial charge in [0, 0.05) is 43.2 Å². The molecule has 0 unspecified atom stereocenters. The molecule has 1 aromatic heterocycles. The second kappa shape index (κ2) is 11.1. The highest BCUT2D eigenvalue weighted by atomic mass is 32.1. The minimum absolute atomic E-state index is 0.00451. The minimum atomic E-state index is -4.45. The molecule has 0 N–H and O–H groups in total. The van der Waals surface area contributed by atoms with E-state index in [1.807, 2.05) is 24.0 Å². The van der Waals surface area contributed by atoms with Crippen molar-refractivity contribution in [1.82, 2.24) is 14.7 Å². The molecule has 0 bridgehead atoms. The van der Waals surface area contributed by atoms with Crippen LogP contribution in [0.2, 0.25) is 0 Å². The Morgan fingerprint density at radius 2 is 1.59 bits per heavy atom. The van der Waals surface area contributed by atoms with Crippen LogP contribution in [0.4, 0.5) is 13.2 Å². The van der Waals surface area contributed by atoms with Gasteiger partial charge in [0.15, 0.2) is 0 Å². The van der Waals surface area contributed by atoms with Gasteiger partial charge in [0.2, 0.25) is 5.91 Å². The number of nitrogens with zero attached hydrogens (tertiary/aromatic N) is 3. The van der Waals surface area contributed by atoms with Crippen molar-refractivity contribution in [1.29, 1.82) is 0 Å². The van der Waals surface area contributed by atoms with Crippen LogP contribution in [0.3, 0.4) is 0 Å². The van der Waals surface area contributed by atoms with Crippen molar-refractivity contribution >= 4 is 23.2 Å². The van der Waals surface area contributed by atoms with Gasteiger partial charge in [0.05, 0.1) is 17.6 Å². The maximum atomic E-state index is 13.8. The van der Waals surface area contributed by atoms with Gasteiger partial charge in [-0.25, -0.2) is 0 Å². The third-order valence-corrected chi connectivity index (χ3v) is 8.89. The Kier molecular flexibility index (Phi) is 7.82. The first-order valence-corrected chi connectivity index (χ1v) is 14.2. The van der Waals surface area contributed by atoms with Gasteiger partial charge in [-0.05, 0) is 79.1 Å². The molecule has 0 aliphatic carbocycles. The summed E-state index contributed by atoms with van der Waals surface area (Å²) in [5, 5.41) is 2.13. The highest BCUT2D eigenvalue weighted by Gasteiger charge is 2.37. The molecule has 206 valence electrons. The second-order valence-electron chi connectivity index (χ2n) is 10.3. The van der Waals surface area contributed by atoms with Crippen LogP contribution in [-0.4, -0.2) is 65.3 Å². The molecular formula is C30H32F3N3O2S. The van der Waals surface area contributed by atoms with E-state index in [2.05, 4.69) is 35.4 Å². The lowest BCUT2D eigenvalue weighted by atomic mass is 9.89. The van der Waals surface area contributed by atoms with Crippen molar-refractivity contribution in [2.45, 2.75) is 44.9 Å². The van der Waals surface area contributed by atoms with Gasteiger partial charge in [0.1, 0.15) is 0 Å². The Bertz CT molecular complexity index is 1340. The summed E-state index contributed by atoms with van der Waals surface area (Å²) in [5.41, 5.74) is 3.11. The van der Waals surface area contributed by atoms with Crippen LogP contribution >= 0.6 is 11.3 Å². The number of hydrogen-bond donors (Lipinski definition) is 0. The van der Waals surface area contributed by atoms with Crippen LogP contribution in [0.15, 0.2) is 60.0 Å². The molecule has 1 saturated heterocycles. The zero-order valence-corrected chi connectivity index (χ0v) is 22.9. The maximum Gasteiger partial charge on any atom is 0.416 e. The normalized spacial score (nSPS) is 19.4. The van der Waals surface area contributed by atoms with Gasteiger partial charge in [-0.2, -0.15) is 13.2 Å². The molecule has 2 aromatic carbocycles. The fourth-order valence-corrected chi connectivity index (χ4v) is 6.63. The molecule has 0 spiro atoms. The van der Waals surface area contributed by atoms with Crippen LogP contribution in [0.5, 0.6) is 0 Å². The summed E-state index contributed by atoms with van der Waals surface area (Å²) >= 11 is 1.77. The molecule has 3 aromatic rings. The van der Waals surface area contributed by atoms with Gasteiger partial charge in [-0.3, -0.25) is 14.5 Å². The van der Waals surface area contributed by atoms with Crippen molar-refractivity contribution in [3.63, 3.8) is 0 Å². The maximum absolute atomic E-state index is 13.8. The monoisotopic (exact) mass is 555 g/mol. The van der Waals surface area contributed by atoms with E-state index in [0.29, 0.717) is 32.6 Å². The number of alkyl halides is 3. The molecule has 5 nitrogen and oxygen atoms in total. The second-order valence-corrected chi connectivity index (χ2v) is 11.3. The molecule has 2 aliphatic heterocycles. The summed E-state index contributed by atoms with van der Waals surface area (Å²) in [7, 11) is 0. The number of fused-ring (bicyclic) bond motifs is 1. The van der Waals surface area contributed by atoms with Gasteiger partial charge in [0.25, 0.3) is 5.91 Å². The van der Waals surface area contributed by atoms with E-state index < -0.39 is 11.7 Å². The zero-order chi connectivity index (χ0) is 27.7. The third-order valence-electron chi connectivity index (χ3n) is 7.90. The highest BCUT2D eigenvalue weighted by molar-refractivity contribution is 7.10. The lowest BCUT2D eigenvalue weighted by molar-refractivity contribution is -0.138. The Labute approximate surface area is 230 Å². The number of carbonyl (C=O) groups is 2. The van der Waals surface area contributed by atoms with Gasteiger partial charge < -0.3 is 9.80 Å². The number of thiophene rings is 1. The third kappa shape index (κ3) is 5.61. The molecule has 2 amide bonds. The number of rotatable bonds is 4. The van der Waals surface area contributed by atoms with Gasteiger partial charge in [-0.1, -0.05) is 24.3 Å². The molecule has 3 heterocycles. The van der Waals surface area contributed by atoms with Gasteiger partial charge in [-0.15, -0.1) is 11.3 Å². The molecule has 39 heavy (non-hydrogen) atoms. The number of halogens is 3. The first kappa shape index (κ1) is 27.4. The van der Waals surface area contributed by atoms with E-state index in [4.69, 9.17) is 0 Å². The van der Waals surface area contributed by atoms with Crippen LogP contribution < -0.4 is 0 Å². The summed E-state index contributed by atoms with van der Waals surface area (Å²) in [5.74, 6) is -0.275. The first-order chi connectivity index (χ1) is 18.6. The van der Waals surface area contributed by atoms with Crippen molar-refractivity contribution in [2.75, 3.05) is 32.7 Å². The largest absolute Gasteiger partial charge is 0.416 e. The van der Waals surface area contributed by atoms with E-state index in [9.17, 15) is 22.8 Å².